The Balaban J connectivity index is 1.84. The molecule has 1 aliphatic rings. The van der Waals surface area contributed by atoms with Gasteiger partial charge in [-0.3, -0.25) is 4.90 Å². The number of hydrogen-bond donors (Lipinski definition) is 1. The number of carbonyl (C=O) groups is 1. The van der Waals surface area contributed by atoms with Crippen molar-refractivity contribution in [2.24, 2.45) is 0 Å². The number of fused-ring (bicyclic) bond motifs is 1. The molecule has 1 aliphatic heterocycles. The molecule has 114 valence electrons. The number of benzene rings is 1. The van der Waals surface area contributed by atoms with E-state index >= 15 is 0 Å². The molecule has 2 heterocycles. The van der Waals surface area contributed by atoms with Crippen LogP contribution in [0.3, 0.4) is 0 Å². The van der Waals surface area contributed by atoms with Gasteiger partial charge in [-0.1, -0.05) is 11.6 Å². The minimum atomic E-state index is -0.520. The van der Waals surface area contributed by atoms with E-state index < -0.39 is 5.82 Å². The highest BCUT2D eigenvalue weighted by atomic mass is 35.5. The average molecular weight is 321 g/mol. The highest BCUT2D eigenvalue weighted by Crippen LogP contribution is 2.30. The Bertz CT molecular complexity index is 724. The van der Waals surface area contributed by atoms with Crippen molar-refractivity contribution in [3.8, 4) is 0 Å². The lowest BCUT2D eigenvalue weighted by Crippen LogP contribution is -2.45. The number of carbonyl (C=O) groups excluding carboxylic acids is 1. The number of urea groups is 1. The molecule has 0 saturated heterocycles. The summed E-state index contributed by atoms with van der Waals surface area (Å²) in [5.41, 5.74) is 1.18. The smallest absolute Gasteiger partial charge is 0.326 e. The second kappa shape index (κ2) is 5.81. The quantitative estimate of drug-likeness (QED) is 0.876. The fourth-order valence-corrected chi connectivity index (χ4v) is 2.53. The fourth-order valence-electron chi connectivity index (χ4n) is 2.35. The van der Waals surface area contributed by atoms with Crippen LogP contribution in [0.4, 0.5) is 26.4 Å². The summed E-state index contributed by atoms with van der Waals surface area (Å²) in [5, 5.41) is 2.70. The lowest BCUT2D eigenvalue weighted by atomic mass is 10.2. The van der Waals surface area contributed by atoms with Gasteiger partial charge in [0.2, 0.25) is 0 Å². The van der Waals surface area contributed by atoms with E-state index in [1.165, 1.54) is 18.2 Å². The number of nitrogens with one attached hydrogen (secondary N) is 1. The van der Waals surface area contributed by atoms with Crippen LogP contribution in [0, 0.1) is 5.82 Å². The van der Waals surface area contributed by atoms with Gasteiger partial charge in [0.15, 0.2) is 5.82 Å². The summed E-state index contributed by atoms with van der Waals surface area (Å²) < 4.78 is 13.2. The average Bonchev–Trinajstić information content (AvgIpc) is 2.51. The van der Waals surface area contributed by atoms with Gasteiger partial charge in [0, 0.05) is 32.0 Å². The van der Waals surface area contributed by atoms with Crippen LogP contribution in [-0.2, 0) is 0 Å². The lowest BCUT2D eigenvalue weighted by Gasteiger charge is -2.34. The van der Waals surface area contributed by atoms with E-state index in [2.05, 4.69) is 10.3 Å². The van der Waals surface area contributed by atoms with Gasteiger partial charge in [0.05, 0.1) is 10.7 Å². The molecule has 0 fully saturated rings. The topological polar surface area (TPSA) is 48.5 Å². The molecule has 1 aromatic heterocycles. The van der Waals surface area contributed by atoms with Crippen LogP contribution in [0.2, 0.25) is 5.02 Å². The Morgan fingerprint density at radius 3 is 2.95 bits per heavy atom. The SMILES string of the molecule is CN1CCN(C(=O)Nc2ccc(F)c(Cl)c2)c2cccnc21. The summed E-state index contributed by atoms with van der Waals surface area (Å²) in [6.07, 6.45) is 1.69. The third-order valence-electron chi connectivity index (χ3n) is 3.49. The molecule has 2 aromatic rings. The summed E-state index contributed by atoms with van der Waals surface area (Å²) in [4.78, 5) is 20.4. The number of rotatable bonds is 1. The molecular weight excluding hydrogens is 307 g/mol. The van der Waals surface area contributed by atoms with Crippen molar-refractivity contribution in [1.29, 1.82) is 0 Å². The highest BCUT2D eigenvalue weighted by molar-refractivity contribution is 6.31. The molecule has 5 nitrogen and oxygen atoms in total. The molecule has 0 atom stereocenters. The van der Waals surface area contributed by atoms with Crippen molar-refractivity contribution < 1.29 is 9.18 Å². The Hall–Kier alpha value is -2.34. The maximum atomic E-state index is 13.2. The van der Waals surface area contributed by atoms with Crippen LogP contribution < -0.4 is 15.1 Å². The van der Waals surface area contributed by atoms with E-state index in [9.17, 15) is 9.18 Å². The number of halogens is 2. The predicted molar refractivity (Wildman–Crippen MR) is 85.3 cm³/mol. The number of nitrogens with zero attached hydrogens (tertiary/aromatic N) is 3. The number of anilines is 3. The van der Waals surface area contributed by atoms with Crippen molar-refractivity contribution in [3.05, 3.63) is 47.4 Å². The molecule has 0 unspecified atom stereocenters. The first-order chi connectivity index (χ1) is 10.6. The third kappa shape index (κ3) is 2.69. The van der Waals surface area contributed by atoms with E-state index in [1.807, 2.05) is 18.0 Å². The molecule has 1 N–H and O–H groups in total. The zero-order valence-electron chi connectivity index (χ0n) is 11.9. The molecule has 0 aliphatic carbocycles. The normalized spacial score (nSPS) is 13.8. The molecule has 2 amide bonds. The first-order valence-corrected chi connectivity index (χ1v) is 7.14. The Morgan fingerprint density at radius 1 is 1.36 bits per heavy atom. The molecule has 22 heavy (non-hydrogen) atoms. The van der Waals surface area contributed by atoms with Crippen molar-refractivity contribution >= 4 is 34.8 Å². The van der Waals surface area contributed by atoms with Crippen LogP contribution in [0.15, 0.2) is 36.5 Å². The zero-order valence-corrected chi connectivity index (χ0v) is 12.6. The van der Waals surface area contributed by atoms with Crippen LogP contribution >= 0.6 is 11.6 Å². The maximum absolute atomic E-state index is 13.2. The summed E-state index contributed by atoms with van der Waals surface area (Å²) in [6.45, 7) is 1.22. The largest absolute Gasteiger partial charge is 0.356 e. The van der Waals surface area contributed by atoms with E-state index in [0.717, 1.165) is 11.5 Å². The van der Waals surface area contributed by atoms with Gasteiger partial charge in [0.1, 0.15) is 5.82 Å². The fraction of sp³-hybridized carbons (Fsp3) is 0.200. The predicted octanol–water partition coefficient (Wildman–Crippen LogP) is 3.36. The second-order valence-electron chi connectivity index (χ2n) is 4.98. The molecule has 0 radical (unpaired) electrons. The highest BCUT2D eigenvalue weighted by Gasteiger charge is 2.26. The second-order valence-corrected chi connectivity index (χ2v) is 5.39. The van der Waals surface area contributed by atoms with Gasteiger partial charge in [-0.25, -0.2) is 14.2 Å². The van der Waals surface area contributed by atoms with Crippen molar-refractivity contribution in [1.82, 2.24) is 4.98 Å². The van der Waals surface area contributed by atoms with E-state index in [4.69, 9.17) is 11.6 Å². The van der Waals surface area contributed by atoms with Gasteiger partial charge in [0.25, 0.3) is 0 Å². The standard InChI is InChI=1S/C15H14ClFN4O/c1-20-7-8-21(13-3-2-6-18-14(13)20)15(22)19-10-4-5-12(17)11(16)9-10/h2-6,9H,7-8H2,1H3,(H,19,22). The molecule has 0 spiro atoms. The van der Waals surface area contributed by atoms with Crippen molar-refractivity contribution in [2.75, 3.05) is 35.3 Å². The summed E-state index contributed by atoms with van der Waals surface area (Å²) in [5.74, 6) is 0.231. The molecule has 3 rings (SSSR count). The monoisotopic (exact) mass is 320 g/mol. The van der Waals surface area contributed by atoms with Gasteiger partial charge in [-0.15, -0.1) is 0 Å². The van der Waals surface area contributed by atoms with Crippen molar-refractivity contribution in [3.63, 3.8) is 0 Å². The number of pyridine rings is 1. The van der Waals surface area contributed by atoms with Crippen LogP contribution in [-0.4, -0.2) is 31.2 Å². The van der Waals surface area contributed by atoms with Crippen molar-refractivity contribution in [2.45, 2.75) is 0 Å². The van der Waals surface area contributed by atoms with Gasteiger partial charge >= 0.3 is 6.03 Å². The number of likely N-dealkylation sites (N-methyl/N-ethyl adjacent to an activating group) is 1. The Morgan fingerprint density at radius 2 is 2.18 bits per heavy atom. The molecule has 0 bridgehead atoms. The zero-order chi connectivity index (χ0) is 15.7. The lowest BCUT2D eigenvalue weighted by molar-refractivity contribution is 0.257. The molecule has 7 heteroatoms. The van der Waals surface area contributed by atoms with Gasteiger partial charge in [-0.2, -0.15) is 0 Å². The van der Waals surface area contributed by atoms with Crippen LogP contribution in [0.5, 0.6) is 0 Å². The minimum Gasteiger partial charge on any atom is -0.356 e. The van der Waals surface area contributed by atoms with E-state index in [0.29, 0.717) is 18.8 Å². The Labute approximate surface area is 132 Å². The Kier molecular flexibility index (Phi) is 3.85. The van der Waals surface area contributed by atoms with E-state index in [1.54, 1.807) is 17.2 Å². The van der Waals surface area contributed by atoms with Gasteiger partial charge < -0.3 is 10.2 Å². The first kappa shape index (κ1) is 14.6. The summed E-state index contributed by atoms with van der Waals surface area (Å²) in [6, 6.07) is 7.40. The summed E-state index contributed by atoms with van der Waals surface area (Å²) in [7, 11) is 1.93. The van der Waals surface area contributed by atoms with Gasteiger partial charge in [-0.05, 0) is 30.3 Å². The maximum Gasteiger partial charge on any atom is 0.326 e. The summed E-state index contributed by atoms with van der Waals surface area (Å²) >= 11 is 5.73. The van der Waals surface area contributed by atoms with E-state index in [-0.39, 0.29) is 11.1 Å². The first-order valence-electron chi connectivity index (χ1n) is 6.76. The number of amides is 2. The number of hydrogen-bond acceptors (Lipinski definition) is 3. The molecular formula is C15H14ClFN4O. The van der Waals surface area contributed by atoms with Crippen LogP contribution in [0.1, 0.15) is 0 Å². The minimum absolute atomic E-state index is 0.0294. The van der Waals surface area contributed by atoms with Crippen LogP contribution in [0.25, 0.3) is 0 Å². The third-order valence-corrected chi connectivity index (χ3v) is 3.78. The molecule has 0 saturated carbocycles. The molecule has 1 aromatic carbocycles. The number of aromatic nitrogens is 1.